The molecule has 0 radical (unpaired) electrons. The monoisotopic (exact) mass is 355 g/mol. The Morgan fingerprint density at radius 1 is 1.00 bits per heavy atom. The Balaban J connectivity index is 1.81. The molecule has 0 N–H and O–H groups in total. The van der Waals surface area contributed by atoms with E-state index in [0.29, 0.717) is 22.8 Å². The lowest BCUT2D eigenvalue weighted by atomic mass is 9.84. The molecule has 132 valence electrons. The second-order valence-electron chi connectivity index (χ2n) is 6.91. The molecule has 1 aromatic heterocycles. The third-order valence-corrected chi connectivity index (χ3v) is 4.98. The van der Waals surface area contributed by atoms with E-state index in [-0.39, 0.29) is 5.78 Å². The van der Waals surface area contributed by atoms with E-state index in [1.807, 2.05) is 79.4 Å². The number of hydrogen-bond donors (Lipinski definition) is 0. The highest BCUT2D eigenvalue weighted by atomic mass is 16.1. The van der Waals surface area contributed by atoms with Crippen LogP contribution in [0, 0.1) is 0 Å². The van der Waals surface area contributed by atoms with Gasteiger partial charge in [-0.1, -0.05) is 36.4 Å². The van der Waals surface area contributed by atoms with Crippen LogP contribution >= 0.6 is 0 Å². The number of Topliss-reactive ketones (excluding diaryl/α,β-unsaturated/α-hetero) is 1. The smallest absolute Gasteiger partial charge is 0.226 e. The number of hydrogen-bond acceptors (Lipinski definition) is 5. The number of fused-ring (bicyclic) bond motifs is 4. The molecule has 1 aliphatic carbocycles. The van der Waals surface area contributed by atoms with Gasteiger partial charge in [0.25, 0.3) is 0 Å². The van der Waals surface area contributed by atoms with Crippen LogP contribution in [-0.2, 0) is 7.05 Å². The highest BCUT2D eigenvalue weighted by molar-refractivity contribution is 6.43. The molecule has 2 aliphatic rings. The standard InChI is InChI=1S/C21H17N5O/c1-25(2)21-23-18-14-6-4-5-7-15(14)20(27)17(19(18)24-21)12-8-9-13-11-22-26(3)16(13)10-12/h4-11H,1-3H3. The van der Waals surface area contributed by atoms with E-state index in [2.05, 4.69) is 10.1 Å². The maximum Gasteiger partial charge on any atom is 0.226 e. The van der Waals surface area contributed by atoms with E-state index in [4.69, 9.17) is 4.99 Å². The zero-order valence-corrected chi connectivity index (χ0v) is 15.3. The van der Waals surface area contributed by atoms with Crippen molar-refractivity contribution >= 4 is 33.9 Å². The molecule has 27 heavy (non-hydrogen) atoms. The SMILES string of the molecule is CN(C)C1=NC2=C(c3ccc4cnn(C)c4c3)C(=O)c3ccccc3C2=N1. The fourth-order valence-corrected chi connectivity index (χ4v) is 3.59. The summed E-state index contributed by atoms with van der Waals surface area (Å²) in [7, 11) is 5.69. The fraction of sp³-hybridized carbons (Fsp3) is 0.143. The minimum atomic E-state index is -0.0233. The van der Waals surface area contributed by atoms with Gasteiger partial charge in [-0.25, -0.2) is 9.98 Å². The van der Waals surface area contributed by atoms with Crippen molar-refractivity contribution < 1.29 is 4.79 Å². The summed E-state index contributed by atoms with van der Waals surface area (Å²) in [5.74, 6) is 0.577. The van der Waals surface area contributed by atoms with Crippen molar-refractivity contribution in [2.45, 2.75) is 0 Å². The Morgan fingerprint density at radius 2 is 1.78 bits per heavy atom. The molecule has 1 aliphatic heterocycles. The van der Waals surface area contributed by atoms with Gasteiger partial charge in [-0.15, -0.1) is 0 Å². The zero-order valence-electron chi connectivity index (χ0n) is 15.3. The number of carbonyl (C=O) groups is 1. The van der Waals surface area contributed by atoms with Crippen molar-refractivity contribution in [3.63, 3.8) is 0 Å². The van der Waals surface area contributed by atoms with E-state index in [1.165, 1.54) is 0 Å². The summed E-state index contributed by atoms with van der Waals surface area (Å²) in [5.41, 5.74) is 5.29. The summed E-state index contributed by atoms with van der Waals surface area (Å²) in [6.07, 6.45) is 1.82. The largest absolute Gasteiger partial charge is 0.347 e. The highest BCUT2D eigenvalue weighted by Crippen LogP contribution is 2.36. The molecule has 0 fully saturated rings. The average molecular weight is 355 g/mol. The number of rotatable bonds is 1. The van der Waals surface area contributed by atoms with E-state index in [9.17, 15) is 4.79 Å². The van der Waals surface area contributed by atoms with Crippen LogP contribution in [0.4, 0.5) is 0 Å². The van der Waals surface area contributed by atoms with Crippen molar-refractivity contribution in [3.8, 4) is 0 Å². The number of aryl methyl sites for hydroxylation is 1. The molecule has 2 heterocycles. The van der Waals surface area contributed by atoms with Gasteiger partial charge in [0.05, 0.1) is 17.3 Å². The number of ketones is 1. The lowest BCUT2D eigenvalue weighted by molar-refractivity contribution is 0.105. The van der Waals surface area contributed by atoms with Crippen LogP contribution in [0.15, 0.2) is 64.3 Å². The molecule has 0 atom stereocenters. The van der Waals surface area contributed by atoms with E-state index in [1.54, 1.807) is 0 Å². The number of benzene rings is 2. The first-order chi connectivity index (χ1) is 13.0. The molecule has 5 rings (SSSR count). The first kappa shape index (κ1) is 15.7. The fourth-order valence-electron chi connectivity index (χ4n) is 3.59. The van der Waals surface area contributed by atoms with Crippen LogP contribution in [0.25, 0.3) is 16.5 Å². The van der Waals surface area contributed by atoms with Gasteiger partial charge in [-0.05, 0) is 11.6 Å². The van der Waals surface area contributed by atoms with E-state index >= 15 is 0 Å². The third kappa shape index (κ3) is 2.19. The van der Waals surface area contributed by atoms with Crippen LogP contribution in [-0.4, -0.2) is 46.2 Å². The third-order valence-electron chi connectivity index (χ3n) is 4.98. The van der Waals surface area contributed by atoms with E-state index < -0.39 is 0 Å². The molecule has 2 aromatic carbocycles. The maximum absolute atomic E-state index is 13.4. The Bertz CT molecular complexity index is 1230. The predicted octanol–water partition coefficient (Wildman–Crippen LogP) is 2.90. The van der Waals surface area contributed by atoms with Gasteiger partial charge < -0.3 is 4.90 Å². The van der Waals surface area contributed by atoms with E-state index in [0.717, 1.165) is 27.7 Å². The molecular formula is C21H17N5O. The van der Waals surface area contributed by atoms with Crippen molar-refractivity contribution in [2.24, 2.45) is 17.0 Å². The number of aromatic nitrogens is 2. The number of carbonyl (C=O) groups excluding carboxylic acids is 1. The second-order valence-corrected chi connectivity index (χ2v) is 6.91. The van der Waals surface area contributed by atoms with Crippen molar-refractivity contribution in [2.75, 3.05) is 14.1 Å². The topological polar surface area (TPSA) is 62.9 Å². The van der Waals surface area contributed by atoms with Crippen LogP contribution in [0.1, 0.15) is 21.5 Å². The molecule has 0 saturated heterocycles. The van der Waals surface area contributed by atoms with Gasteiger partial charge in [0.1, 0.15) is 11.4 Å². The molecule has 0 saturated carbocycles. The molecule has 0 unspecified atom stereocenters. The van der Waals surface area contributed by atoms with Crippen molar-refractivity contribution in [1.82, 2.24) is 14.7 Å². The molecule has 3 aromatic rings. The summed E-state index contributed by atoms with van der Waals surface area (Å²) < 4.78 is 1.81. The van der Waals surface area contributed by atoms with Crippen molar-refractivity contribution in [3.05, 3.63) is 71.0 Å². The van der Waals surface area contributed by atoms with Gasteiger partial charge in [0.2, 0.25) is 5.96 Å². The van der Waals surface area contributed by atoms with Gasteiger partial charge in [0, 0.05) is 37.7 Å². The molecule has 0 spiro atoms. The lowest BCUT2D eigenvalue weighted by Gasteiger charge is -2.19. The number of aliphatic imine (C=N–C) groups is 2. The summed E-state index contributed by atoms with van der Waals surface area (Å²) in [6, 6.07) is 13.5. The number of nitrogens with zero attached hydrogens (tertiary/aromatic N) is 5. The Hall–Kier alpha value is -3.54. The number of allylic oxidation sites excluding steroid dienone is 2. The Labute approximate surface area is 156 Å². The summed E-state index contributed by atoms with van der Waals surface area (Å²) in [4.78, 5) is 24.6. The molecule has 0 amide bonds. The molecule has 0 bridgehead atoms. The summed E-state index contributed by atoms with van der Waals surface area (Å²) in [5, 5.41) is 5.33. The minimum absolute atomic E-state index is 0.0233. The van der Waals surface area contributed by atoms with Crippen LogP contribution < -0.4 is 0 Å². The minimum Gasteiger partial charge on any atom is -0.347 e. The maximum atomic E-state index is 13.4. The summed E-state index contributed by atoms with van der Waals surface area (Å²) >= 11 is 0. The van der Waals surface area contributed by atoms with Gasteiger partial charge >= 0.3 is 0 Å². The molecule has 6 nitrogen and oxygen atoms in total. The first-order valence-corrected chi connectivity index (χ1v) is 8.70. The summed E-state index contributed by atoms with van der Waals surface area (Å²) in [6.45, 7) is 0. The Morgan fingerprint density at radius 3 is 2.56 bits per heavy atom. The van der Waals surface area contributed by atoms with Gasteiger partial charge in [-0.2, -0.15) is 5.10 Å². The Kier molecular flexibility index (Phi) is 3.18. The van der Waals surface area contributed by atoms with Crippen LogP contribution in [0.3, 0.4) is 0 Å². The number of guanidine groups is 1. The predicted molar refractivity (Wildman–Crippen MR) is 106 cm³/mol. The van der Waals surface area contributed by atoms with Crippen LogP contribution in [0.5, 0.6) is 0 Å². The van der Waals surface area contributed by atoms with Gasteiger partial charge in [-0.3, -0.25) is 9.48 Å². The highest BCUT2D eigenvalue weighted by Gasteiger charge is 2.35. The lowest BCUT2D eigenvalue weighted by Crippen LogP contribution is -2.20. The average Bonchev–Trinajstić information content (AvgIpc) is 3.27. The second kappa shape index (κ2) is 5.48. The zero-order chi connectivity index (χ0) is 18.7. The normalized spacial score (nSPS) is 15.6. The van der Waals surface area contributed by atoms with Crippen molar-refractivity contribution in [1.29, 1.82) is 0 Å². The van der Waals surface area contributed by atoms with Crippen LogP contribution in [0.2, 0.25) is 0 Å². The van der Waals surface area contributed by atoms with Gasteiger partial charge in [0.15, 0.2) is 5.78 Å². The first-order valence-electron chi connectivity index (χ1n) is 8.70. The molecule has 6 heteroatoms. The quantitative estimate of drug-likeness (QED) is 0.674. The molecular weight excluding hydrogens is 338 g/mol.